The van der Waals surface area contributed by atoms with E-state index < -0.39 is 105 Å². The van der Waals surface area contributed by atoms with Gasteiger partial charge in [0.15, 0.2) is 41.3 Å². The van der Waals surface area contributed by atoms with E-state index in [0.29, 0.717) is 33.2 Å². The van der Waals surface area contributed by atoms with Crippen molar-refractivity contribution in [1.82, 2.24) is 9.88 Å². The Morgan fingerprint density at radius 2 is 1.46 bits per heavy atom. The van der Waals surface area contributed by atoms with Crippen molar-refractivity contribution in [3.63, 3.8) is 0 Å². The number of aromatic nitrogens is 1. The number of esters is 4. The third-order valence-corrected chi connectivity index (χ3v) is 14.2. The van der Waals surface area contributed by atoms with Gasteiger partial charge in [-0.25, -0.2) is 4.79 Å². The molecule has 82 heavy (non-hydrogen) atoms. The molecule has 0 unspecified atom stereocenters. The third-order valence-electron chi connectivity index (χ3n) is 13.0. The van der Waals surface area contributed by atoms with Gasteiger partial charge in [0.05, 0.1) is 38.7 Å². The van der Waals surface area contributed by atoms with Crippen molar-refractivity contribution in [3.05, 3.63) is 99.6 Å². The van der Waals surface area contributed by atoms with E-state index in [9.17, 15) is 42.0 Å². The molecule has 1 fully saturated rings. The molecular weight excluding hydrogens is 1120 g/mol. The lowest BCUT2D eigenvalue weighted by Crippen LogP contribution is -2.64. The van der Waals surface area contributed by atoms with Gasteiger partial charge in [0, 0.05) is 96.5 Å². The number of hydrogen-bond donors (Lipinski definition) is 1. The highest BCUT2D eigenvalue weighted by Crippen LogP contribution is 2.48. The minimum Gasteiger partial charge on any atom is -0.497 e. The summed E-state index contributed by atoms with van der Waals surface area (Å²) in [6.07, 6.45) is -9.41. The number of carbonyl (C=O) groups is 7. The van der Waals surface area contributed by atoms with Gasteiger partial charge in [-0.2, -0.15) is 0 Å². The largest absolute Gasteiger partial charge is 0.501 e. The number of ketones is 1. The number of ether oxygens (including phenoxy) is 8. The van der Waals surface area contributed by atoms with Gasteiger partial charge >= 0.3 is 34.3 Å². The van der Waals surface area contributed by atoms with Gasteiger partial charge in [-0.1, -0.05) is 32.8 Å². The first-order chi connectivity index (χ1) is 38.6. The fourth-order valence-corrected chi connectivity index (χ4v) is 10.6. The molecule has 3 heterocycles. The number of nitrogens with zero attached hydrogens (tertiary/aromatic N) is 5. The monoisotopic (exact) mass is 1180 g/mol. The number of anilines is 1. The van der Waals surface area contributed by atoms with Crippen LogP contribution in [0.5, 0.6) is 23.0 Å². The molecule has 0 radical (unpaired) electrons. The number of amides is 2. The number of fused-ring (bicyclic) bond motifs is 4. The maximum atomic E-state index is 14.7. The molecule has 27 heteroatoms. The van der Waals surface area contributed by atoms with E-state index in [1.54, 1.807) is 50.2 Å². The number of nitrogens with one attached hydrogen (secondary N) is 1. The van der Waals surface area contributed by atoms with Gasteiger partial charge in [-0.15, -0.1) is 20.0 Å². The maximum Gasteiger partial charge on any atom is 0.501 e. The van der Waals surface area contributed by atoms with Gasteiger partial charge < -0.3 is 61.0 Å². The van der Waals surface area contributed by atoms with Gasteiger partial charge in [0.25, 0.3) is 11.8 Å². The van der Waals surface area contributed by atoms with Crippen molar-refractivity contribution in [2.75, 3.05) is 58.4 Å². The van der Waals surface area contributed by atoms with Crippen LogP contribution in [0, 0.1) is 5.41 Å². The van der Waals surface area contributed by atoms with Crippen LogP contribution in [0.3, 0.4) is 0 Å². The molecule has 1 N–H and O–H groups in total. The van der Waals surface area contributed by atoms with Crippen molar-refractivity contribution in [2.45, 2.75) is 97.6 Å². The molecule has 7 rings (SSSR count). The summed E-state index contributed by atoms with van der Waals surface area (Å²) < 4.78 is 85.8. The lowest BCUT2D eigenvalue weighted by Gasteiger charge is -2.43. The maximum absolute atomic E-state index is 14.7. The standard InChI is InChI=1S/C55H61ClN6O19S/c1-28(63)32-12-16-39-34(18-32)19-40(58-39)51(68)62-24-35(23-56)45-38-21-36(72-10)14-15-37(38)43(22-41(45)62)80-82(70,71)81-44-20-33(50(67)61(9)25-54(5,6)26-74-27-55(7,8)59-60-57)13-17-42(44)78-53-49(77-31(4)66)47(76-30(3)65)46(75-29(2)64)48(79-53)52(69)73-11/h12-22,35,46-49,53,58H,23-27H2,1-11H3/t35-,46+,47+,48+,49-,53-/m1/s1. The van der Waals surface area contributed by atoms with E-state index in [-0.39, 0.29) is 66.0 Å². The van der Waals surface area contributed by atoms with Crippen LogP contribution >= 0.6 is 11.6 Å². The van der Waals surface area contributed by atoms with E-state index in [4.69, 9.17) is 63.4 Å². The summed E-state index contributed by atoms with van der Waals surface area (Å²) in [5.74, 6) is -7.22. The zero-order chi connectivity index (χ0) is 60.2. The normalized spacial score (nSPS) is 18.8. The van der Waals surface area contributed by atoms with Crippen LogP contribution in [-0.2, 0) is 58.0 Å². The van der Waals surface area contributed by atoms with E-state index in [2.05, 4.69) is 15.0 Å². The molecule has 0 bridgehead atoms. The number of methoxy groups -OCH3 is 2. The van der Waals surface area contributed by atoms with Crippen LogP contribution in [0.1, 0.15) is 98.1 Å². The van der Waals surface area contributed by atoms with Crippen LogP contribution < -0.4 is 22.7 Å². The second-order valence-electron chi connectivity index (χ2n) is 20.9. The quantitative estimate of drug-likeness (QED) is 0.0133. The first kappa shape index (κ1) is 61.5. The molecule has 4 aromatic carbocycles. The average molecular weight is 1180 g/mol. The zero-order valence-electron chi connectivity index (χ0n) is 46.6. The highest BCUT2D eigenvalue weighted by molar-refractivity contribution is 7.82. The van der Waals surface area contributed by atoms with Crippen molar-refractivity contribution >= 4 is 90.8 Å². The van der Waals surface area contributed by atoms with Crippen molar-refractivity contribution in [1.29, 1.82) is 0 Å². The molecule has 2 amide bonds. The average Bonchev–Trinajstić information content (AvgIpc) is 4.06. The second kappa shape index (κ2) is 24.9. The Bertz CT molecular complexity index is 3510. The summed E-state index contributed by atoms with van der Waals surface area (Å²) in [6.45, 7) is 11.7. The minimum absolute atomic E-state index is 0.0321. The summed E-state index contributed by atoms with van der Waals surface area (Å²) in [7, 11) is -1.51. The molecule has 1 aromatic heterocycles. The zero-order valence-corrected chi connectivity index (χ0v) is 48.2. The molecule has 2 aliphatic rings. The van der Waals surface area contributed by atoms with Crippen molar-refractivity contribution in [3.8, 4) is 23.0 Å². The molecule has 0 saturated carbocycles. The molecule has 25 nitrogen and oxygen atoms in total. The Labute approximate surface area is 476 Å². The molecule has 2 aliphatic heterocycles. The third kappa shape index (κ3) is 14.1. The number of alkyl halides is 1. The van der Waals surface area contributed by atoms with Gasteiger partial charge in [-0.3, -0.25) is 28.8 Å². The Morgan fingerprint density at radius 1 is 0.805 bits per heavy atom. The molecule has 0 spiro atoms. The lowest BCUT2D eigenvalue weighted by molar-refractivity contribution is -0.282. The van der Waals surface area contributed by atoms with E-state index >= 15 is 0 Å². The van der Waals surface area contributed by atoms with Gasteiger partial charge in [0.1, 0.15) is 11.4 Å². The highest BCUT2D eigenvalue weighted by atomic mass is 35.5. The van der Waals surface area contributed by atoms with Crippen LogP contribution in [0.2, 0.25) is 0 Å². The number of benzene rings is 4. The van der Waals surface area contributed by atoms with E-state index in [1.807, 2.05) is 13.8 Å². The SMILES string of the molecule is COC(=O)[C@H]1O[C@@H](Oc2ccc(C(=O)N(C)CC(C)(C)COCC(C)(C)N=[N+]=[N-])cc2OS(=O)(=O)Oc2cc3c(c4cc(OC)ccc24)[C@H](CCl)CN3C(=O)c2cc3cc(C(C)=O)ccc3[nH]2)[C@H](OC(C)=O)[C@@H](OC(C)=O)[C@@H]1OC(C)=O. The molecule has 0 aliphatic carbocycles. The summed E-state index contributed by atoms with van der Waals surface area (Å²) in [5, 5.41) is 4.94. The number of Topliss-reactive ketones (excluding diaryl/α,β-unsaturated/α-hetero) is 1. The number of carbonyl (C=O) groups excluding carboxylic acids is 7. The van der Waals surface area contributed by atoms with Crippen molar-refractivity contribution in [2.24, 2.45) is 10.5 Å². The number of rotatable bonds is 22. The highest BCUT2D eigenvalue weighted by Gasteiger charge is 2.56. The molecule has 438 valence electrons. The predicted octanol–water partition coefficient (Wildman–Crippen LogP) is 7.49. The molecule has 5 aromatic rings. The second-order valence-corrected chi connectivity index (χ2v) is 22.3. The molecule has 6 atom stereocenters. The minimum atomic E-state index is -5.41. The Hall–Kier alpha value is -8.16. The van der Waals surface area contributed by atoms with Gasteiger partial charge in [0.2, 0.25) is 12.4 Å². The molecule has 1 saturated heterocycles. The molecular formula is C55H61ClN6O19S. The Kier molecular flexibility index (Phi) is 18.7. The van der Waals surface area contributed by atoms with E-state index in [0.717, 1.165) is 40.0 Å². The fraction of sp³-hybridized carbons (Fsp3) is 0.436. The number of aromatic amines is 1. The summed E-state index contributed by atoms with van der Waals surface area (Å²) in [6, 6.07) is 16.0. The van der Waals surface area contributed by atoms with Crippen LogP contribution in [0.15, 0.2) is 71.8 Å². The fourth-order valence-electron chi connectivity index (χ4n) is 9.61. The summed E-state index contributed by atoms with van der Waals surface area (Å²) in [4.78, 5) is 101. The van der Waals surface area contributed by atoms with Crippen LogP contribution in [0.25, 0.3) is 32.1 Å². The summed E-state index contributed by atoms with van der Waals surface area (Å²) >= 11 is 6.60. The number of H-pyrrole nitrogens is 1. The number of halogens is 1. The van der Waals surface area contributed by atoms with E-state index in [1.165, 1.54) is 49.1 Å². The van der Waals surface area contributed by atoms with Crippen LogP contribution in [-0.4, -0.2) is 149 Å². The number of hydrogen-bond acceptors (Lipinski definition) is 20. The van der Waals surface area contributed by atoms with Gasteiger partial charge in [-0.05, 0) is 84.1 Å². The Balaban J connectivity index is 1.31. The van der Waals surface area contributed by atoms with Crippen molar-refractivity contribution < 1.29 is 88.2 Å². The predicted molar refractivity (Wildman–Crippen MR) is 293 cm³/mol. The summed E-state index contributed by atoms with van der Waals surface area (Å²) in [5.41, 5.74) is 9.15. The first-order valence-corrected chi connectivity index (χ1v) is 27.2. The topological polar surface area (TPSA) is 317 Å². The number of azide groups is 1. The first-order valence-electron chi connectivity index (χ1n) is 25.3. The van der Waals surface area contributed by atoms with Crippen LogP contribution in [0.4, 0.5) is 5.69 Å². The smallest absolute Gasteiger partial charge is 0.497 e. The Morgan fingerprint density at radius 3 is 2.10 bits per heavy atom. The lowest BCUT2D eigenvalue weighted by atomic mass is 9.93.